The highest BCUT2D eigenvalue weighted by atomic mass is 79.9. The van der Waals surface area contributed by atoms with E-state index in [0.717, 1.165) is 33.0 Å². The first-order chi connectivity index (χ1) is 9.55. The van der Waals surface area contributed by atoms with Gasteiger partial charge in [-0.25, -0.2) is 0 Å². The summed E-state index contributed by atoms with van der Waals surface area (Å²) in [6, 6.07) is 5.70. The maximum Gasteiger partial charge on any atom is 0.124 e. The zero-order chi connectivity index (χ0) is 14.7. The average molecular weight is 340 g/mol. The van der Waals surface area contributed by atoms with Crippen LogP contribution in [0.25, 0.3) is 0 Å². The van der Waals surface area contributed by atoms with Gasteiger partial charge in [0, 0.05) is 30.9 Å². The second-order valence-electron chi connectivity index (χ2n) is 4.42. The molecule has 0 aliphatic carbocycles. The fourth-order valence-electron chi connectivity index (χ4n) is 1.97. The number of anilines is 1. The summed E-state index contributed by atoms with van der Waals surface area (Å²) in [5.41, 5.74) is 3.00. The van der Waals surface area contributed by atoms with E-state index in [0.29, 0.717) is 6.54 Å². The van der Waals surface area contributed by atoms with Gasteiger partial charge in [0.05, 0.1) is 36.6 Å². The predicted molar refractivity (Wildman–Crippen MR) is 82.5 cm³/mol. The molecule has 2 aromatic rings. The summed E-state index contributed by atoms with van der Waals surface area (Å²) < 4.78 is 13.4. The molecule has 0 saturated carbocycles. The third kappa shape index (κ3) is 3.07. The normalized spacial score (nSPS) is 10.4. The predicted octanol–water partition coefficient (Wildman–Crippen LogP) is 3.12. The molecule has 0 unspecified atom stereocenters. The zero-order valence-electron chi connectivity index (χ0n) is 12.0. The summed E-state index contributed by atoms with van der Waals surface area (Å²) in [4.78, 5) is 0. The summed E-state index contributed by atoms with van der Waals surface area (Å²) in [6.45, 7) is 2.64. The summed E-state index contributed by atoms with van der Waals surface area (Å²) in [6.07, 6.45) is 0. The Hall–Kier alpha value is -1.69. The van der Waals surface area contributed by atoms with Gasteiger partial charge >= 0.3 is 0 Å². The number of nitrogens with zero attached hydrogens (tertiary/aromatic N) is 2. The van der Waals surface area contributed by atoms with Crippen LogP contribution in [0.3, 0.4) is 0 Å². The highest BCUT2D eigenvalue weighted by molar-refractivity contribution is 9.10. The van der Waals surface area contributed by atoms with E-state index >= 15 is 0 Å². The lowest BCUT2D eigenvalue weighted by molar-refractivity contribution is 0.394. The van der Waals surface area contributed by atoms with E-state index in [1.165, 1.54) is 0 Å². The largest absolute Gasteiger partial charge is 0.497 e. The van der Waals surface area contributed by atoms with Crippen LogP contribution in [0.4, 0.5) is 5.69 Å². The Bertz CT molecular complexity index is 588. The molecule has 108 valence electrons. The molecule has 0 atom stereocenters. The number of methoxy groups -OCH3 is 2. The van der Waals surface area contributed by atoms with Gasteiger partial charge in [0.2, 0.25) is 0 Å². The van der Waals surface area contributed by atoms with Gasteiger partial charge in [0.15, 0.2) is 0 Å². The topological polar surface area (TPSA) is 48.3 Å². The molecule has 6 heteroatoms. The Kier molecular flexibility index (Phi) is 4.54. The van der Waals surface area contributed by atoms with Crippen LogP contribution in [-0.4, -0.2) is 24.0 Å². The van der Waals surface area contributed by atoms with Gasteiger partial charge in [-0.3, -0.25) is 4.68 Å². The van der Waals surface area contributed by atoms with Crippen molar-refractivity contribution in [3.63, 3.8) is 0 Å². The Morgan fingerprint density at radius 2 is 1.80 bits per heavy atom. The molecule has 2 rings (SSSR count). The monoisotopic (exact) mass is 339 g/mol. The van der Waals surface area contributed by atoms with E-state index < -0.39 is 0 Å². The first-order valence-electron chi connectivity index (χ1n) is 6.20. The smallest absolute Gasteiger partial charge is 0.124 e. The van der Waals surface area contributed by atoms with Gasteiger partial charge in [0.25, 0.3) is 0 Å². The molecular formula is C14H18BrN3O2. The first kappa shape index (κ1) is 14.7. The summed E-state index contributed by atoms with van der Waals surface area (Å²) in [5.74, 6) is 1.51. The molecule has 0 aliphatic rings. The molecule has 0 saturated heterocycles. The second kappa shape index (κ2) is 6.17. The lowest BCUT2D eigenvalue weighted by Gasteiger charge is -2.11. The molecule has 0 fully saturated rings. The maximum absolute atomic E-state index is 5.25. The molecule has 0 amide bonds. The van der Waals surface area contributed by atoms with Gasteiger partial charge in [-0.2, -0.15) is 5.10 Å². The SMILES string of the molecule is COc1cc(NCc2c(Br)c(C)nn2C)cc(OC)c1. The molecule has 0 radical (unpaired) electrons. The highest BCUT2D eigenvalue weighted by Gasteiger charge is 2.10. The summed E-state index contributed by atoms with van der Waals surface area (Å²) >= 11 is 3.56. The third-order valence-electron chi connectivity index (χ3n) is 3.07. The number of halogens is 1. The minimum Gasteiger partial charge on any atom is -0.497 e. The van der Waals surface area contributed by atoms with Crippen molar-refractivity contribution in [1.82, 2.24) is 9.78 Å². The van der Waals surface area contributed by atoms with Crippen molar-refractivity contribution in [2.24, 2.45) is 7.05 Å². The molecule has 0 aliphatic heterocycles. The molecule has 1 aromatic carbocycles. The average Bonchev–Trinajstić information content (AvgIpc) is 2.69. The van der Waals surface area contributed by atoms with Gasteiger partial charge < -0.3 is 14.8 Å². The second-order valence-corrected chi connectivity index (χ2v) is 5.22. The van der Waals surface area contributed by atoms with E-state index in [4.69, 9.17) is 9.47 Å². The molecule has 1 heterocycles. The minimum absolute atomic E-state index is 0.661. The first-order valence-corrected chi connectivity index (χ1v) is 6.99. The fourth-order valence-corrected chi connectivity index (χ4v) is 2.44. The molecule has 0 spiro atoms. The Labute approximate surface area is 127 Å². The van der Waals surface area contributed by atoms with Crippen molar-refractivity contribution in [2.75, 3.05) is 19.5 Å². The van der Waals surface area contributed by atoms with E-state index in [1.807, 2.05) is 36.9 Å². The van der Waals surface area contributed by atoms with Crippen LogP contribution in [-0.2, 0) is 13.6 Å². The number of aryl methyl sites for hydroxylation is 2. The van der Waals surface area contributed by atoms with E-state index in [1.54, 1.807) is 14.2 Å². The Morgan fingerprint density at radius 1 is 1.20 bits per heavy atom. The number of rotatable bonds is 5. The molecule has 1 N–H and O–H groups in total. The van der Waals surface area contributed by atoms with Gasteiger partial charge in [-0.1, -0.05) is 0 Å². The van der Waals surface area contributed by atoms with Crippen molar-refractivity contribution in [1.29, 1.82) is 0 Å². The number of nitrogens with one attached hydrogen (secondary N) is 1. The maximum atomic E-state index is 5.25. The lowest BCUT2D eigenvalue weighted by atomic mass is 10.2. The Balaban J connectivity index is 2.18. The van der Waals surface area contributed by atoms with Crippen molar-refractivity contribution >= 4 is 21.6 Å². The quantitative estimate of drug-likeness (QED) is 0.909. The number of benzene rings is 1. The molecule has 5 nitrogen and oxygen atoms in total. The third-order valence-corrected chi connectivity index (χ3v) is 4.10. The summed E-state index contributed by atoms with van der Waals surface area (Å²) in [7, 11) is 5.21. The number of hydrogen-bond acceptors (Lipinski definition) is 4. The van der Waals surface area contributed by atoms with Crippen LogP contribution in [0, 0.1) is 6.92 Å². The van der Waals surface area contributed by atoms with E-state index in [2.05, 4.69) is 26.3 Å². The lowest BCUT2D eigenvalue weighted by Crippen LogP contribution is -2.06. The van der Waals surface area contributed by atoms with E-state index in [-0.39, 0.29) is 0 Å². The van der Waals surface area contributed by atoms with Crippen molar-refractivity contribution in [2.45, 2.75) is 13.5 Å². The number of hydrogen-bond donors (Lipinski definition) is 1. The fraction of sp³-hybridized carbons (Fsp3) is 0.357. The van der Waals surface area contributed by atoms with Gasteiger partial charge in [-0.15, -0.1) is 0 Å². The summed E-state index contributed by atoms with van der Waals surface area (Å²) in [5, 5.41) is 7.73. The minimum atomic E-state index is 0.661. The van der Waals surface area contributed by atoms with Crippen LogP contribution >= 0.6 is 15.9 Å². The van der Waals surface area contributed by atoms with Crippen LogP contribution in [0.1, 0.15) is 11.4 Å². The molecular weight excluding hydrogens is 322 g/mol. The highest BCUT2D eigenvalue weighted by Crippen LogP contribution is 2.27. The molecule has 0 bridgehead atoms. The van der Waals surface area contributed by atoms with Crippen LogP contribution in [0.5, 0.6) is 11.5 Å². The van der Waals surface area contributed by atoms with Crippen LogP contribution in [0.15, 0.2) is 22.7 Å². The number of ether oxygens (including phenoxy) is 2. The molecule has 1 aromatic heterocycles. The number of aromatic nitrogens is 2. The van der Waals surface area contributed by atoms with Crippen molar-refractivity contribution in [3.05, 3.63) is 34.1 Å². The van der Waals surface area contributed by atoms with Crippen molar-refractivity contribution in [3.8, 4) is 11.5 Å². The van der Waals surface area contributed by atoms with Crippen LogP contribution in [0.2, 0.25) is 0 Å². The van der Waals surface area contributed by atoms with Gasteiger partial charge in [0.1, 0.15) is 11.5 Å². The molecule has 20 heavy (non-hydrogen) atoms. The zero-order valence-corrected chi connectivity index (χ0v) is 13.6. The van der Waals surface area contributed by atoms with Crippen LogP contribution < -0.4 is 14.8 Å². The standard InChI is InChI=1S/C14H18BrN3O2/c1-9-14(15)13(18(2)17-9)8-16-10-5-11(19-3)7-12(6-10)20-4/h5-7,16H,8H2,1-4H3. The van der Waals surface area contributed by atoms with E-state index in [9.17, 15) is 0 Å². The van der Waals surface area contributed by atoms with Gasteiger partial charge in [-0.05, 0) is 22.9 Å². The Morgan fingerprint density at radius 3 is 2.25 bits per heavy atom. The van der Waals surface area contributed by atoms with Crippen molar-refractivity contribution < 1.29 is 9.47 Å².